The van der Waals surface area contributed by atoms with Crippen LogP contribution in [0.4, 0.5) is 13.2 Å². The highest BCUT2D eigenvalue weighted by Crippen LogP contribution is 2.36. The van der Waals surface area contributed by atoms with Crippen LogP contribution < -0.4 is 4.74 Å². The third-order valence-electron chi connectivity index (χ3n) is 3.67. The largest absolute Gasteiger partial charge is 0.496 e. The molecular weight excluding hydrogens is 355 g/mol. The molecule has 0 aromatic heterocycles. The van der Waals surface area contributed by atoms with Crippen molar-refractivity contribution in [2.45, 2.75) is 6.18 Å². The van der Waals surface area contributed by atoms with E-state index < -0.39 is 35.3 Å². The minimum absolute atomic E-state index is 0.0651. The van der Waals surface area contributed by atoms with Crippen molar-refractivity contribution < 1.29 is 37.1 Å². The molecule has 2 amide bonds. The molecule has 1 heterocycles. The van der Waals surface area contributed by atoms with Gasteiger partial charge in [-0.25, -0.2) is 4.79 Å². The Morgan fingerprint density at radius 1 is 1.00 bits per heavy atom. The molecule has 26 heavy (non-hydrogen) atoms. The Balaban J connectivity index is 1.86. The number of hydrogen-bond donors (Lipinski definition) is 0. The quantitative estimate of drug-likeness (QED) is 0.782. The Kier molecular flexibility index (Phi) is 4.15. The van der Waals surface area contributed by atoms with Gasteiger partial charge >= 0.3 is 12.1 Å². The zero-order chi connectivity index (χ0) is 19.1. The van der Waals surface area contributed by atoms with Crippen LogP contribution in [0, 0.1) is 0 Å². The summed E-state index contributed by atoms with van der Waals surface area (Å²) in [6.07, 6.45) is -4.67. The molecule has 3 rings (SSSR count). The third kappa shape index (κ3) is 2.87. The van der Waals surface area contributed by atoms with Gasteiger partial charge in [-0.15, -0.1) is 0 Å². The van der Waals surface area contributed by atoms with Crippen LogP contribution in [0.3, 0.4) is 0 Å². The highest BCUT2D eigenvalue weighted by molar-refractivity contribution is 6.21. The van der Waals surface area contributed by atoms with Gasteiger partial charge in [0.05, 0.1) is 29.4 Å². The highest BCUT2D eigenvalue weighted by Gasteiger charge is 2.39. The molecule has 0 saturated heterocycles. The molecule has 0 N–H and O–H groups in total. The smallest absolute Gasteiger partial charge is 0.419 e. The number of amides is 2. The fourth-order valence-corrected chi connectivity index (χ4v) is 2.44. The van der Waals surface area contributed by atoms with Gasteiger partial charge in [-0.3, -0.25) is 9.59 Å². The van der Waals surface area contributed by atoms with Crippen LogP contribution in [0.15, 0.2) is 42.5 Å². The fraction of sp³-hybridized carbons (Fsp3) is 0.118. The van der Waals surface area contributed by atoms with Crippen molar-refractivity contribution >= 4 is 17.8 Å². The van der Waals surface area contributed by atoms with Gasteiger partial charge in [0.1, 0.15) is 5.75 Å². The number of hydroxylamine groups is 2. The first-order valence-electron chi connectivity index (χ1n) is 7.19. The van der Waals surface area contributed by atoms with E-state index in [4.69, 9.17) is 4.84 Å². The highest BCUT2D eigenvalue weighted by atomic mass is 19.4. The van der Waals surface area contributed by atoms with Crippen molar-refractivity contribution in [2.24, 2.45) is 0 Å². The zero-order valence-corrected chi connectivity index (χ0v) is 13.2. The van der Waals surface area contributed by atoms with E-state index in [1.807, 2.05) is 0 Å². The van der Waals surface area contributed by atoms with Crippen LogP contribution in [0.2, 0.25) is 0 Å². The first-order valence-corrected chi connectivity index (χ1v) is 7.19. The summed E-state index contributed by atoms with van der Waals surface area (Å²) in [6.45, 7) is 0. The second-order valence-corrected chi connectivity index (χ2v) is 5.24. The zero-order valence-electron chi connectivity index (χ0n) is 13.2. The summed E-state index contributed by atoms with van der Waals surface area (Å²) in [5.74, 6) is -3.43. The number of carbonyl (C=O) groups is 3. The minimum atomic E-state index is -4.67. The molecule has 0 fully saturated rings. The van der Waals surface area contributed by atoms with E-state index in [9.17, 15) is 27.6 Å². The molecule has 0 radical (unpaired) electrons. The Morgan fingerprint density at radius 3 is 2.08 bits per heavy atom. The van der Waals surface area contributed by atoms with E-state index in [1.54, 1.807) is 0 Å². The maximum Gasteiger partial charge on any atom is 0.419 e. The number of fused-ring (bicyclic) bond motifs is 1. The minimum Gasteiger partial charge on any atom is -0.496 e. The summed E-state index contributed by atoms with van der Waals surface area (Å²) in [5.41, 5.74) is -1.26. The van der Waals surface area contributed by atoms with Gasteiger partial charge in [0.15, 0.2) is 0 Å². The van der Waals surface area contributed by atoms with Crippen LogP contribution in [0.25, 0.3) is 0 Å². The summed E-state index contributed by atoms with van der Waals surface area (Å²) in [7, 11) is 1.02. The number of imide groups is 1. The molecule has 6 nitrogen and oxygen atoms in total. The first kappa shape index (κ1) is 17.5. The normalized spacial score (nSPS) is 13.6. The van der Waals surface area contributed by atoms with Crippen molar-refractivity contribution in [3.05, 3.63) is 64.7 Å². The number of methoxy groups -OCH3 is 1. The van der Waals surface area contributed by atoms with Crippen molar-refractivity contribution in [3.8, 4) is 5.75 Å². The average Bonchev–Trinajstić information content (AvgIpc) is 2.85. The number of ether oxygens (including phenoxy) is 1. The van der Waals surface area contributed by atoms with E-state index in [0.717, 1.165) is 19.2 Å². The van der Waals surface area contributed by atoms with Crippen LogP contribution in [0.5, 0.6) is 5.75 Å². The van der Waals surface area contributed by atoms with Crippen molar-refractivity contribution in [1.29, 1.82) is 0 Å². The number of carbonyl (C=O) groups excluding carboxylic acids is 3. The lowest BCUT2D eigenvalue weighted by Gasteiger charge is -2.15. The predicted octanol–water partition coefficient (Wildman–Crippen LogP) is 3.08. The number of benzene rings is 2. The van der Waals surface area contributed by atoms with Gasteiger partial charge in [-0.2, -0.15) is 13.2 Å². The lowest BCUT2D eigenvalue weighted by atomic mass is 10.1. The third-order valence-corrected chi connectivity index (χ3v) is 3.67. The van der Waals surface area contributed by atoms with Gasteiger partial charge in [0, 0.05) is 0 Å². The monoisotopic (exact) mass is 365 g/mol. The molecule has 0 spiro atoms. The maximum atomic E-state index is 12.9. The number of nitrogens with zero attached hydrogens (tertiary/aromatic N) is 1. The summed E-state index contributed by atoms with van der Waals surface area (Å²) in [5, 5.41) is 0.275. The Hall–Kier alpha value is -3.36. The van der Waals surface area contributed by atoms with E-state index in [2.05, 4.69) is 4.74 Å². The van der Waals surface area contributed by atoms with E-state index in [-0.39, 0.29) is 21.8 Å². The molecule has 0 unspecified atom stereocenters. The molecule has 1 aliphatic rings. The number of hydrogen-bond acceptors (Lipinski definition) is 5. The van der Waals surface area contributed by atoms with Gasteiger partial charge in [0.2, 0.25) is 0 Å². The van der Waals surface area contributed by atoms with Crippen LogP contribution in [-0.2, 0) is 11.0 Å². The Bertz CT molecular complexity index is 888. The van der Waals surface area contributed by atoms with Crippen molar-refractivity contribution in [1.82, 2.24) is 5.06 Å². The Morgan fingerprint density at radius 2 is 1.58 bits per heavy atom. The predicted molar refractivity (Wildman–Crippen MR) is 80.4 cm³/mol. The summed E-state index contributed by atoms with van der Waals surface area (Å²) < 4.78 is 43.2. The molecule has 0 saturated carbocycles. The molecule has 9 heteroatoms. The average molecular weight is 365 g/mol. The molecule has 2 aromatic rings. The van der Waals surface area contributed by atoms with E-state index in [1.165, 1.54) is 24.3 Å². The van der Waals surface area contributed by atoms with Crippen molar-refractivity contribution in [3.63, 3.8) is 0 Å². The lowest BCUT2D eigenvalue weighted by molar-refractivity contribution is -0.138. The van der Waals surface area contributed by atoms with Crippen LogP contribution in [-0.4, -0.2) is 30.0 Å². The van der Waals surface area contributed by atoms with Gasteiger partial charge < -0.3 is 9.57 Å². The SMILES string of the molecule is COc1cc(C(=O)ON2C(=O)c3ccccc3C2=O)ccc1C(F)(F)F. The van der Waals surface area contributed by atoms with Gasteiger partial charge in [-0.05, 0) is 30.3 Å². The molecule has 1 aliphatic heterocycles. The lowest BCUT2D eigenvalue weighted by Crippen LogP contribution is -2.32. The van der Waals surface area contributed by atoms with Crippen LogP contribution in [0.1, 0.15) is 36.6 Å². The van der Waals surface area contributed by atoms with Gasteiger partial charge in [0.25, 0.3) is 11.8 Å². The molecule has 0 atom stereocenters. The molecule has 2 aromatic carbocycles. The standard InChI is InChI=1S/C17H10F3NO5/c1-25-13-8-9(6-7-12(13)17(18,19)20)16(24)26-21-14(22)10-4-2-3-5-11(10)15(21)23/h2-8H,1H3. The molecule has 0 aliphatic carbocycles. The molecular formula is C17H10F3NO5. The van der Waals surface area contributed by atoms with Crippen molar-refractivity contribution in [2.75, 3.05) is 7.11 Å². The fourth-order valence-electron chi connectivity index (χ4n) is 2.44. The molecule has 134 valence electrons. The summed E-state index contributed by atoms with van der Waals surface area (Å²) in [4.78, 5) is 41.2. The maximum absolute atomic E-state index is 12.9. The number of alkyl halides is 3. The number of halogens is 3. The second-order valence-electron chi connectivity index (χ2n) is 5.24. The summed E-state index contributed by atoms with van der Waals surface area (Å²) >= 11 is 0. The topological polar surface area (TPSA) is 72.9 Å². The van der Waals surface area contributed by atoms with E-state index >= 15 is 0 Å². The second kappa shape index (κ2) is 6.17. The first-order chi connectivity index (χ1) is 12.2. The van der Waals surface area contributed by atoms with E-state index in [0.29, 0.717) is 6.07 Å². The Labute approximate surface area is 144 Å². The molecule has 0 bridgehead atoms. The summed E-state index contributed by atoms with van der Waals surface area (Å²) in [6, 6.07) is 8.20. The van der Waals surface area contributed by atoms with Crippen LogP contribution >= 0.6 is 0 Å². The van der Waals surface area contributed by atoms with Gasteiger partial charge in [-0.1, -0.05) is 17.2 Å². The number of rotatable bonds is 3.